The zero-order valence-corrected chi connectivity index (χ0v) is 11.0. The van der Waals surface area contributed by atoms with Crippen LogP contribution in [0.5, 0.6) is 0 Å². The lowest BCUT2D eigenvalue weighted by molar-refractivity contribution is -0.143. The zero-order chi connectivity index (χ0) is 11.4. The third-order valence-electron chi connectivity index (χ3n) is 1.92. The highest BCUT2D eigenvalue weighted by Crippen LogP contribution is 2.17. The van der Waals surface area contributed by atoms with Crippen molar-refractivity contribution in [3.63, 3.8) is 0 Å². The predicted octanol–water partition coefficient (Wildman–Crippen LogP) is 3.22. The number of carbonyl (C=O) groups is 1. The van der Waals surface area contributed by atoms with E-state index in [9.17, 15) is 4.79 Å². The summed E-state index contributed by atoms with van der Waals surface area (Å²) >= 11 is 0. The summed E-state index contributed by atoms with van der Waals surface area (Å²) in [5.41, 5.74) is 0.485. The van der Waals surface area contributed by atoms with E-state index < -0.39 is 8.07 Å². The molecule has 0 rings (SSSR count). The first-order chi connectivity index (χ1) is 6.26. The van der Waals surface area contributed by atoms with E-state index in [0.29, 0.717) is 5.57 Å². The summed E-state index contributed by atoms with van der Waals surface area (Å²) in [6.45, 7) is 14.2. The maximum absolute atomic E-state index is 11.3. The van der Waals surface area contributed by atoms with Gasteiger partial charge < -0.3 is 4.74 Å². The molecule has 0 fully saturated rings. The standard InChI is InChI=1S/C11H22O2Si/c1-7-10(8-14(4,5)6)13-11(12)9(2)3/h10H,2,7-8H2,1,3-6H3. The molecule has 0 radical (unpaired) electrons. The summed E-state index contributed by atoms with van der Waals surface area (Å²) < 4.78 is 5.33. The lowest BCUT2D eigenvalue weighted by Crippen LogP contribution is -2.29. The van der Waals surface area contributed by atoms with Gasteiger partial charge in [-0.25, -0.2) is 4.79 Å². The molecule has 0 aliphatic carbocycles. The maximum atomic E-state index is 11.3. The van der Waals surface area contributed by atoms with Crippen LogP contribution in [0.4, 0.5) is 0 Å². The summed E-state index contributed by atoms with van der Waals surface area (Å²) in [4.78, 5) is 11.3. The molecule has 0 bridgehead atoms. The van der Waals surface area contributed by atoms with Crippen LogP contribution in [0.1, 0.15) is 20.3 Å². The Bertz CT molecular complexity index is 216. The molecule has 0 aliphatic rings. The fraction of sp³-hybridized carbons (Fsp3) is 0.727. The maximum Gasteiger partial charge on any atom is 0.333 e. The Morgan fingerprint density at radius 2 is 1.93 bits per heavy atom. The zero-order valence-electron chi connectivity index (χ0n) is 10.0. The monoisotopic (exact) mass is 214 g/mol. The molecule has 0 spiro atoms. The molecule has 0 aromatic carbocycles. The van der Waals surface area contributed by atoms with Gasteiger partial charge >= 0.3 is 5.97 Å². The van der Waals surface area contributed by atoms with Crippen LogP contribution < -0.4 is 0 Å². The fourth-order valence-corrected chi connectivity index (χ4v) is 2.94. The van der Waals surface area contributed by atoms with Crippen LogP contribution in [0.3, 0.4) is 0 Å². The highest BCUT2D eigenvalue weighted by molar-refractivity contribution is 6.76. The van der Waals surface area contributed by atoms with Gasteiger partial charge in [-0.1, -0.05) is 33.1 Å². The van der Waals surface area contributed by atoms with Gasteiger partial charge in [0, 0.05) is 13.6 Å². The first-order valence-corrected chi connectivity index (χ1v) is 8.83. The van der Waals surface area contributed by atoms with Crippen LogP contribution in [0.2, 0.25) is 25.7 Å². The highest BCUT2D eigenvalue weighted by atomic mass is 28.3. The van der Waals surface area contributed by atoms with Crippen molar-refractivity contribution < 1.29 is 9.53 Å². The molecular formula is C11H22O2Si. The van der Waals surface area contributed by atoms with E-state index in [2.05, 4.69) is 33.1 Å². The van der Waals surface area contributed by atoms with Crippen molar-refractivity contribution >= 4 is 14.0 Å². The lowest BCUT2D eigenvalue weighted by atomic mass is 10.3. The topological polar surface area (TPSA) is 26.3 Å². The van der Waals surface area contributed by atoms with Crippen molar-refractivity contribution in [2.24, 2.45) is 0 Å². The van der Waals surface area contributed by atoms with Crippen molar-refractivity contribution in [3.8, 4) is 0 Å². The second kappa shape index (κ2) is 5.34. The van der Waals surface area contributed by atoms with Gasteiger partial charge in [0.05, 0.1) is 6.10 Å². The molecule has 82 valence electrons. The fourth-order valence-electron chi connectivity index (χ4n) is 1.20. The van der Waals surface area contributed by atoms with Crippen molar-refractivity contribution in [1.82, 2.24) is 0 Å². The molecule has 0 aliphatic heterocycles. The number of carbonyl (C=O) groups excluding carboxylic acids is 1. The van der Waals surface area contributed by atoms with E-state index in [1.165, 1.54) is 0 Å². The minimum Gasteiger partial charge on any atom is -0.459 e. The summed E-state index contributed by atoms with van der Waals surface area (Å²) in [5, 5.41) is 0. The summed E-state index contributed by atoms with van der Waals surface area (Å²) in [7, 11) is -1.15. The number of hydrogen-bond acceptors (Lipinski definition) is 2. The number of esters is 1. The molecule has 0 saturated heterocycles. The molecule has 1 unspecified atom stereocenters. The van der Waals surface area contributed by atoms with Gasteiger partial charge in [0.2, 0.25) is 0 Å². The Kier molecular flexibility index (Phi) is 5.12. The molecule has 0 amide bonds. The molecule has 0 saturated carbocycles. The number of rotatable bonds is 5. The van der Waals surface area contributed by atoms with Gasteiger partial charge in [-0.05, 0) is 19.4 Å². The molecule has 2 nitrogen and oxygen atoms in total. The number of ether oxygens (including phenoxy) is 1. The average Bonchev–Trinajstić information content (AvgIpc) is 2.00. The van der Waals surface area contributed by atoms with Crippen LogP contribution in [0.15, 0.2) is 12.2 Å². The summed E-state index contributed by atoms with van der Waals surface area (Å²) in [6, 6.07) is 1.03. The molecule has 0 aromatic rings. The minimum absolute atomic E-state index is 0.0749. The smallest absolute Gasteiger partial charge is 0.333 e. The quantitative estimate of drug-likeness (QED) is 0.399. The van der Waals surface area contributed by atoms with Crippen LogP contribution in [0.25, 0.3) is 0 Å². The highest BCUT2D eigenvalue weighted by Gasteiger charge is 2.22. The van der Waals surface area contributed by atoms with E-state index in [0.717, 1.165) is 12.5 Å². The second-order valence-corrected chi connectivity index (χ2v) is 10.5. The normalized spacial score (nSPS) is 13.5. The Hall–Kier alpha value is -0.573. The first kappa shape index (κ1) is 13.4. The van der Waals surface area contributed by atoms with Crippen molar-refractivity contribution in [2.45, 2.75) is 52.1 Å². The van der Waals surface area contributed by atoms with Crippen molar-refractivity contribution in [1.29, 1.82) is 0 Å². The Morgan fingerprint density at radius 3 is 2.21 bits per heavy atom. The molecule has 3 heteroatoms. The van der Waals surface area contributed by atoms with Gasteiger partial charge in [-0.2, -0.15) is 0 Å². The Morgan fingerprint density at radius 1 is 1.43 bits per heavy atom. The second-order valence-electron chi connectivity index (χ2n) is 4.98. The van der Waals surface area contributed by atoms with Crippen molar-refractivity contribution in [2.75, 3.05) is 0 Å². The van der Waals surface area contributed by atoms with Gasteiger partial charge in [0.1, 0.15) is 0 Å². The van der Waals surface area contributed by atoms with Crippen LogP contribution in [-0.2, 0) is 9.53 Å². The molecule has 0 N–H and O–H groups in total. The third-order valence-corrected chi connectivity index (χ3v) is 3.60. The van der Waals surface area contributed by atoms with E-state index in [1.807, 2.05) is 0 Å². The number of hydrogen-bond donors (Lipinski definition) is 0. The molecule has 1 atom stereocenters. The third kappa shape index (κ3) is 5.97. The van der Waals surface area contributed by atoms with Crippen molar-refractivity contribution in [3.05, 3.63) is 12.2 Å². The first-order valence-electron chi connectivity index (χ1n) is 5.12. The summed E-state index contributed by atoms with van der Waals surface area (Å²) in [6.07, 6.45) is 0.967. The SMILES string of the molecule is C=C(C)C(=O)OC(CC)C[Si](C)(C)C. The van der Waals surface area contributed by atoms with Crippen LogP contribution in [-0.4, -0.2) is 20.1 Å². The van der Waals surface area contributed by atoms with Crippen LogP contribution in [0, 0.1) is 0 Å². The largest absolute Gasteiger partial charge is 0.459 e. The molecular weight excluding hydrogens is 192 g/mol. The Labute approximate surface area is 88.4 Å². The van der Waals surface area contributed by atoms with Gasteiger partial charge in [-0.3, -0.25) is 0 Å². The van der Waals surface area contributed by atoms with E-state index in [4.69, 9.17) is 4.74 Å². The van der Waals surface area contributed by atoms with Gasteiger partial charge in [-0.15, -0.1) is 0 Å². The average molecular weight is 214 g/mol. The Balaban J connectivity index is 4.17. The van der Waals surface area contributed by atoms with E-state index in [1.54, 1.807) is 6.92 Å². The minimum atomic E-state index is -1.15. The van der Waals surface area contributed by atoms with E-state index in [-0.39, 0.29) is 12.1 Å². The summed E-state index contributed by atoms with van der Waals surface area (Å²) in [5.74, 6) is -0.255. The predicted molar refractivity (Wildman–Crippen MR) is 63.1 cm³/mol. The van der Waals surface area contributed by atoms with Crippen LogP contribution >= 0.6 is 0 Å². The molecule has 14 heavy (non-hydrogen) atoms. The lowest BCUT2D eigenvalue weighted by Gasteiger charge is -2.23. The van der Waals surface area contributed by atoms with Gasteiger partial charge in [0.15, 0.2) is 0 Å². The van der Waals surface area contributed by atoms with E-state index >= 15 is 0 Å². The molecule has 0 heterocycles. The van der Waals surface area contributed by atoms with Gasteiger partial charge in [0.25, 0.3) is 0 Å². The molecule has 0 aromatic heterocycles.